The lowest BCUT2D eigenvalue weighted by Crippen LogP contribution is -2.17. The Kier molecular flexibility index (Phi) is 1.86. The second-order valence-corrected chi connectivity index (χ2v) is 4.44. The summed E-state index contributed by atoms with van der Waals surface area (Å²) < 4.78 is 2.19. The normalized spacial score (nSPS) is 11.0. The summed E-state index contributed by atoms with van der Waals surface area (Å²) in [6.07, 6.45) is 2.15. The van der Waals surface area contributed by atoms with Gasteiger partial charge in [-0.15, -0.1) is 0 Å². The van der Waals surface area contributed by atoms with Gasteiger partial charge in [-0.2, -0.15) is 4.40 Å². The van der Waals surface area contributed by atoms with Crippen molar-refractivity contribution in [2.24, 2.45) is 0 Å². The third-order valence-electron chi connectivity index (χ3n) is 2.52. The number of fused-ring (bicyclic) bond motifs is 1. The lowest BCUT2D eigenvalue weighted by Gasteiger charge is -1.89. The third kappa shape index (κ3) is 1.36. The molecule has 2 aromatic heterocycles. The molecule has 0 unspecified atom stereocenters. The molecule has 15 heavy (non-hydrogen) atoms. The average molecular weight is 215 g/mol. The molecular formula is C12H11N2S+. The Morgan fingerprint density at radius 3 is 2.73 bits per heavy atom. The summed E-state index contributed by atoms with van der Waals surface area (Å²) in [6.45, 7) is 2.12. The van der Waals surface area contributed by atoms with Crippen LogP contribution in [0.4, 0.5) is 0 Å². The highest BCUT2D eigenvalue weighted by atomic mass is 32.1. The predicted octanol–water partition coefficient (Wildman–Crippen LogP) is 2.79. The fourth-order valence-corrected chi connectivity index (χ4v) is 2.58. The van der Waals surface area contributed by atoms with Gasteiger partial charge in [0.25, 0.3) is 0 Å². The number of nitrogens with zero attached hydrogens (tertiary/aromatic N) is 1. The van der Waals surface area contributed by atoms with Crippen molar-refractivity contribution in [3.05, 3.63) is 47.6 Å². The monoisotopic (exact) mass is 215 g/mol. The predicted molar refractivity (Wildman–Crippen MR) is 62.0 cm³/mol. The van der Waals surface area contributed by atoms with Crippen LogP contribution in [-0.2, 0) is 0 Å². The molecule has 0 radical (unpaired) electrons. The lowest BCUT2D eigenvalue weighted by atomic mass is 10.2. The zero-order valence-corrected chi connectivity index (χ0v) is 9.21. The Morgan fingerprint density at radius 2 is 2.00 bits per heavy atom. The summed E-state index contributed by atoms with van der Waals surface area (Å²) in [5, 5.41) is 2.15. The number of imidazole rings is 1. The van der Waals surface area contributed by atoms with E-state index in [0.29, 0.717) is 0 Å². The first-order chi connectivity index (χ1) is 7.34. The summed E-state index contributed by atoms with van der Waals surface area (Å²) in [6, 6.07) is 10.4. The highest BCUT2D eigenvalue weighted by Gasteiger charge is 2.13. The number of rotatable bonds is 1. The van der Waals surface area contributed by atoms with E-state index in [0.717, 1.165) is 0 Å². The molecule has 1 aromatic carbocycles. The fourth-order valence-electron chi connectivity index (χ4n) is 1.71. The minimum absolute atomic E-state index is 1.17. The van der Waals surface area contributed by atoms with Crippen molar-refractivity contribution in [3.8, 4) is 11.3 Å². The first-order valence-electron chi connectivity index (χ1n) is 4.88. The van der Waals surface area contributed by atoms with Crippen LogP contribution < -0.4 is 4.40 Å². The van der Waals surface area contributed by atoms with Crippen LogP contribution in [0.5, 0.6) is 0 Å². The van der Waals surface area contributed by atoms with Gasteiger partial charge in [0.15, 0.2) is 5.69 Å². The third-order valence-corrected chi connectivity index (χ3v) is 3.51. The van der Waals surface area contributed by atoms with Crippen LogP contribution in [0.25, 0.3) is 16.2 Å². The Morgan fingerprint density at radius 1 is 1.20 bits per heavy atom. The number of hydrogen-bond acceptors (Lipinski definition) is 1. The van der Waals surface area contributed by atoms with Crippen LogP contribution in [0.1, 0.15) is 5.69 Å². The summed E-state index contributed by atoms with van der Waals surface area (Å²) in [5.74, 6) is 0. The molecule has 2 nitrogen and oxygen atoms in total. The number of aromatic nitrogens is 2. The smallest absolute Gasteiger partial charge is 0.227 e. The molecule has 2 heterocycles. The standard InChI is InChI=1S/C12H10N2S/c1-9-8-15-12-13-11(7-14(9)12)10-5-3-2-4-6-10/h2-8H,1H3/p+1. The van der Waals surface area contributed by atoms with Crippen molar-refractivity contribution >= 4 is 16.3 Å². The number of nitrogens with one attached hydrogen (secondary N) is 1. The van der Waals surface area contributed by atoms with E-state index in [-0.39, 0.29) is 0 Å². The van der Waals surface area contributed by atoms with E-state index in [1.54, 1.807) is 11.3 Å². The van der Waals surface area contributed by atoms with E-state index >= 15 is 0 Å². The zero-order valence-electron chi connectivity index (χ0n) is 8.40. The SMILES string of the molecule is Cc1csc2[nH]c(-c3ccccc3)c[n+]12. The van der Waals surface area contributed by atoms with Crippen LogP contribution in [0.3, 0.4) is 0 Å². The molecule has 74 valence electrons. The van der Waals surface area contributed by atoms with Gasteiger partial charge in [-0.3, -0.25) is 0 Å². The largest absolute Gasteiger partial charge is 0.344 e. The van der Waals surface area contributed by atoms with E-state index < -0.39 is 0 Å². The lowest BCUT2D eigenvalue weighted by molar-refractivity contribution is -0.512. The van der Waals surface area contributed by atoms with Gasteiger partial charge in [0.1, 0.15) is 11.9 Å². The average Bonchev–Trinajstić information content (AvgIpc) is 2.83. The molecule has 0 bridgehead atoms. The number of hydrogen-bond donors (Lipinski definition) is 1. The van der Waals surface area contributed by atoms with Crippen molar-refractivity contribution in [3.63, 3.8) is 0 Å². The summed E-state index contributed by atoms with van der Waals surface area (Å²) in [5.41, 5.74) is 3.67. The molecule has 3 aromatic rings. The van der Waals surface area contributed by atoms with E-state index in [2.05, 4.69) is 52.2 Å². The molecule has 0 aliphatic heterocycles. The molecule has 0 saturated heterocycles. The number of aryl methyl sites for hydroxylation is 1. The van der Waals surface area contributed by atoms with Gasteiger partial charge in [0.05, 0.1) is 0 Å². The maximum absolute atomic E-state index is 3.41. The van der Waals surface area contributed by atoms with Crippen molar-refractivity contribution in [2.75, 3.05) is 0 Å². The maximum Gasteiger partial charge on any atom is 0.344 e. The second-order valence-electron chi connectivity index (χ2n) is 3.59. The number of H-pyrrole nitrogens is 1. The molecule has 0 aliphatic carbocycles. The minimum atomic E-state index is 1.17. The van der Waals surface area contributed by atoms with Gasteiger partial charge in [-0.1, -0.05) is 41.7 Å². The highest BCUT2D eigenvalue weighted by molar-refractivity contribution is 7.14. The minimum Gasteiger partial charge on any atom is -0.227 e. The number of thiazole rings is 1. The second kappa shape index (κ2) is 3.21. The molecule has 0 atom stereocenters. The quantitative estimate of drug-likeness (QED) is 0.602. The van der Waals surface area contributed by atoms with Crippen molar-refractivity contribution in [1.82, 2.24) is 4.98 Å². The first kappa shape index (κ1) is 8.68. The Labute approximate surface area is 91.8 Å². The van der Waals surface area contributed by atoms with Gasteiger partial charge in [0.2, 0.25) is 0 Å². The summed E-state index contributed by atoms with van der Waals surface area (Å²) >= 11 is 1.74. The van der Waals surface area contributed by atoms with E-state index in [1.807, 2.05) is 6.07 Å². The van der Waals surface area contributed by atoms with Crippen LogP contribution in [-0.4, -0.2) is 4.98 Å². The van der Waals surface area contributed by atoms with Crippen LogP contribution in [0.15, 0.2) is 41.9 Å². The molecule has 0 aliphatic rings. The van der Waals surface area contributed by atoms with Gasteiger partial charge >= 0.3 is 4.96 Å². The van der Waals surface area contributed by atoms with Crippen molar-refractivity contribution < 1.29 is 4.40 Å². The zero-order chi connectivity index (χ0) is 10.3. The number of aromatic amines is 1. The van der Waals surface area contributed by atoms with Crippen LogP contribution in [0.2, 0.25) is 0 Å². The van der Waals surface area contributed by atoms with E-state index in [1.165, 1.54) is 21.9 Å². The molecule has 3 rings (SSSR count). The molecule has 1 N–H and O–H groups in total. The Hall–Kier alpha value is -1.61. The van der Waals surface area contributed by atoms with Crippen LogP contribution in [0, 0.1) is 6.92 Å². The molecule has 0 saturated carbocycles. The topological polar surface area (TPSA) is 19.9 Å². The van der Waals surface area contributed by atoms with Crippen molar-refractivity contribution in [1.29, 1.82) is 0 Å². The molecule has 0 spiro atoms. The van der Waals surface area contributed by atoms with E-state index in [4.69, 9.17) is 0 Å². The summed E-state index contributed by atoms with van der Waals surface area (Å²) in [7, 11) is 0. The van der Waals surface area contributed by atoms with Gasteiger partial charge in [0, 0.05) is 10.9 Å². The Balaban J connectivity index is 2.20. The highest BCUT2D eigenvalue weighted by Crippen LogP contribution is 2.18. The maximum atomic E-state index is 3.41. The van der Waals surface area contributed by atoms with Gasteiger partial charge < -0.3 is 0 Å². The van der Waals surface area contributed by atoms with Crippen LogP contribution >= 0.6 is 11.3 Å². The van der Waals surface area contributed by atoms with Crippen molar-refractivity contribution in [2.45, 2.75) is 6.92 Å². The number of benzene rings is 1. The summed E-state index contributed by atoms with van der Waals surface area (Å²) in [4.78, 5) is 4.60. The fraction of sp³-hybridized carbons (Fsp3) is 0.0833. The first-order valence-corrected chi connectivity index (χ1v) is 5.76. The van der Waals surface area contributed by atoms with Gasteiger partial charge in [-0.25, -0.2) is 4.98 Å². The molecular weight excluding hydrogens is 204 g/mol. The molecule has 0 fully saturated rings. The van der Waals surface area contributed by atoms with Gasteiger partial charge in [-0.05, 0) is 6.92 Å². The Bertz CT molecular complexity index is 592. The molecule has 0 amide bonds. The molecule has 3 heteroatoms. The van der Waals surface area contributed by atoms with E-state index in [9.17, 15) is 0 Å².